The van der Waals surface area contributed by atoms with Gasteiger partial charge in [0.15, 0.2) is 0 Å². The Bertz CT molecular complexity index is 666. The van der Waals surface area contributed by atoms with E-state index in [1.54, 1.807) is 5.32 Å². The SMILES string of the molecule is [2H]c1nc(Br)c([2H])c([2H])c1N1C([2H])([2H])C([2H])([2H])NC([2H])([2H])C1([2H])[2H]. The molecule has 13 heavy (non-hydrogen) atoms. The molecule has 0 amide bonds. The van der Waals surface area contributed by atoms with Crippen LogP contribution >= 0.6 is 15.9 Å². The van der Waals surface area contributed by atoms with E-state index in [2.05, 4.69) is 20.9 Å². The number of aromatic nitrogens is 1. The van der Waals surface area contributed by atoms with Gasteiger partial charge in [0.25, 0.3) is 0 Å². The average Bonchev–Trinajstić information content (AvgIpc) is 2.37. The number of hydrogen-bond acceptors (Lipinski definition) is 3. The Balaban J connectivity index is 2.86. The van der Waals surface area contributed by atoms with Crippen LogP contribution in [0.25, 0.3) is 0 Å². The molecule has 1 aromatic rings. The van der Waals surface area contributed by atoms with Gasteiger partial charge in [-0.15, -0.1) is 0 Å². The molecule has 1 aliphatic heterocycles. The van der Waals surface area contributed by atoms with Gasteiger partial charge >= 0.3 is 0 Å². The lowest BCUT2D eigenvalue weighted by molar-refractivity contribution is 0.588. The number of nitrogens with one attached hydrogen (secondary N) is 1. The van der Waals surface area contributed by atoms with E-state index in [4.69, 9.17) is 15.1 Å². The highest BCUT2D eigenvalue weighted by molar-refractivity contribution is 9.10. The monoisotopic (exact) mass is 252 g/mol. The smallest absolute Gasteiger partial charge is 0.106 e. The van der Waals surface area contributed by atoms with Gasteiger partial charge in [0.1, 0.15) is 4.60 Å². The molecule has 0 saturated carbocycles. The Morgan fingerprint density at radius 2 is 2.31 bits per heavy atom. The van der Waals surface area contributed by atoms with E-state index in [0.717, 1.165) is 0 Å². The van der Waals surface area contributed by atoms with Crippen molar-refractivity contribution in [1.29, 1.82) is 0 Å². The van der Waals surface area contributed by atoms with E-state index in [-0.39, 0.29) is 9.50 Å². The van der Waals surface area contributed by atoms with Gasteiger partial charge in [0.2, 0.25) is 0 Å². The van der Waals surface area contributed by atoms with Crippen LogP contribution in [0.3, 0.4) is 0 Å². The molecule has 0 bridgehead atoms. The van der Waals surface area contributed by atoms with Crippen LogP contribution in [0.15, 0.2) is 22.9 Å². The van der Waals surface area contributed by atoms with Crippen LogP contribution in [-0.2, 0) is 0 Å². The molecule has 0 atom stereocenters. The molecule has 0 spiro atoms. The summed E-state index contributed by atoms with van der Waals surface area (Å²) >= 11 is 2.85. The molecule has 1 saturated heterocycles. The summed E-state index contributed by atoms with van der Waals surface area (Å²) in [5.74, 6) is 0. The summed E-state index contributed by atoms with van der Waals surface area (Å²) in [7, 11) is 0. The van der Waals surface area contributed by atoms with Crippen molar-refractivity contribution < 1.29 is 15.1 Å². The quantitative estimate of drug-likeness (QED) is 0.763. The molecule has 2 heterocycles. The third-order valence-electron chi connectivity index (χ3n) is 1.23. The van der Waals surface area contributed by atoms with Crippen LogP contribution in [-0.4, -0.2) is 31.0 Å². The molecule has 0 aliphatic carbocycles. The van der Waals surface area contributed by atoms with Gasteiger partial charge in [0.05, 0.1) is 21.5 Å². The van der Waals surface area contributed by atoms with Crippen LogP contribution in [0, 0.1) is 0 Å². The fourth-order valence-corrected chi connectivity index (χ4v) is 0.901. The van der Waals surface area contributed by atoms with E-state index in [9.17, 15) is 0 Å². The first kappa shape index (κ1) is 2.70. The third-order valence-corrected chi connectivity index (χ3v) is 1.60. The van der Waals surface area contributed by atoms with Crippen molar-refractivity contribution in [3.63, 3.8) is 0 Å². The van der Waals surface area contributed by atoms with Gasteiger partial charge in [-0.05, 0) is 28.0 Å². The number of anilines is 1. The second-order valence-corrected chi connectivity index (χ2v) is 2.80. The Labute approximate surface area is 102 Å². The normalized spacial score (nSPS) is 45.3. The first-order valence-corrected chi connectivity index (χ1v) is 4.10. The van der Waals surface area contributed by atoms with E-state index >= 15 is 0 Å². The molecule has 3 nitrogen and oxygen atoms in total. The lowest BCUT2D eigenvalue weighted by atomic mass is 10.3. The molecule has 1 N–H and O–H groups in total. The van der Waals surface area contributed by atoms with Crippen LogP contribution in [0.4, 0.5) is 5.69 Å². The van der Waals surface area contributed by atoms with Gasteiger partial charge in [-0.25, -0.2) is 4.98 Å². The summed E-state index contributed by atoms with van der Waals surface area (Å²) in [5, 5.41) is 1.65. The summed E-state index contributed by atoms with van der Waals surface area (Å²) in [4.78, 5) is 3.61. The predicted octanol–water partition coefficient (Wildman–Crippen LogP) is 1.25. The van der Waals surface area contributed by atoms with Crippen molar-refractivity contribution in [2.75, 3.05) is 30.9 Å². The maximum absolute atomic E-state index is 7.95. The summed E-state index contributed by atoms with van der Waals surface area (Å²) in [6.07, 6.45) is -0.788. The minimum Gasteiger partial charge on any atom is -0.368 e. The Hall–Kier alpha value is -0.610. The van der Waals surface area contributed by atoms with E-state index < -0.39 is 49.9 Å². The van der Waals surface area contributed by atoms with Crippen LogP contribution in [0.5, 0.6) is 0 Å². The molecular formula is C9H12BrN3. The number of hydrogen-bond donors (Lipinski definition) is 1. The van der Waals surface area contributed by atoms with Crippen molar-refractivity contribution in [3.8, 4) is 0 Å². The zero-order valence-electron chi connectivity index (χ0n) is 17.3. The molecule has 2 rings (SSSR count). The molecule has 4 heteroatoms. The Morgan fingerprint density at radius 3 is 3.08 bits per heavy atom. The number of halogens is 1. The minimum absolute atomic E-state index is 0.0403. The van der Waals surface area contributed by atoms with Crippen molar-refractivity contribution in [2.45, 2.75) is 0 Å². The minimum atomic E-state index is -3.18. The van der Waals surface area contributed by atoms with Crippen LogP contribution < -0.4 is 10.2 Å². The number of nitrogens with zero attached hydrogens (tertiary/aromatic N) is 2. The largest absolute Gasteiger partial charge is 0.368 e. The summed E-state index contributed by atoms with van der Waals surface area (Å²) in [6, 6.07) is -1.34. The molecule has 0 radical (unpaired) electrons. The van der Waals surface area contributed by atoms with Gasteiger partial charge in [-0.3, -0.25) is 0 Å². The highest BCUT2D eigenvalue weighted by Crippen LogP contribution is 2.15. The Morgan fingerprint density at radius 1 is 1.54 bits per heavy atom. The molecule has 1 aromatic heterocycles. The molecule has 70 valence electrons. The molecular weight excluding hydrogens is 230 g/mol. The zero-order chi connectivity index (χ0) is 18.9. The maximum Gasteiger partial charge on any atom is 0.106 e. The number of piperazine rings is 1. The molecule has 1 fully saturated rings. The van der Waals surface area contributed by atoms with Crippen molar-refractivity contribution in [1.82, 2.24) is 10.3 Å². The second kappa shape index (κ2) is 4.07. The van der Waals surface area contributed by atoms with Crippen LogP contribution in [0.2, 0.25) is 0 Å². The lowest BCUT2D eigenvalue weighted by Crippen LogP contribution is -2.43. The average molecular weight is 253 g/mol. The lowest BCUT2D eigenvalue weighted by Gasteiger charge is -2.29. The van der Waals surface area contributed by atoms with Crippen molar-refractivity contribution in [2.24, 2.45) is 0 Å². The first-order valence-electron chi connectivity index (χ1n) is 8.81. The number of rotatable bonds is 1. The van der Waals surface area contributed by atoms with Crippen LogP contribution in [0.1, 0.15) is 15.1 Å². The van der Waals surface area contributed by atoms with Gasteiger partial charge in [-0.1, -0.05) is 0 Å². The molecule has 0 aromatic carbocycles. The highest BCUT2D eigenvalue weighted by Gasteiger charge is 2.09. The highest BCUT2D eigenvalue weighted by atomic mass is 79.9. The van der Waals surface area contributed by atoms with Gasteiger partial charge in [0, 0.05) is 31.5 Å². The molecule has 1 aliphatic rings. The fourth-order valence-electron chi connectivity index (χ4n) is 0.713. The topological polar surface area (TPSA) is 28.2 Å². The van der Waals surface area contributed by atoms with Gasteiger partial charge in [-0.2, -0.15) is 0 Å². The number of pyridine rings is 1. The summed E-state index contributed by atoms with van der Waals surface area (Å²) < 4.78 is 85.9. The molecule has 0 unspecified atom stereocenters. The maximum atomic E-state index is 7.95. The summed E-state index contributed by atoms with van der Waals surface area (Å²) in [6.45, 7) is -12.5. The zero-order valence-corrected chi connectivity index (χ0v) is 7.86. The van der Waals surface area contributed by atoms with Crippen molar-refractivity contribution >= 4 is 21.6 Å². The van der Waals surface area contributed by atoms with E-state index in [1.807, 2.05) is 0 Å². The second-order valence-electron chi connectivity index (χ2n) is 2.05. The third kappa shape index (κ3) is 2.19. The standard InChI is InChI=1S/C9H12BrN3/c10-9-2-1-8(7-12-9)13-5-3-11-4-6-13/h1-2,7,11H,3-6H2/i1D,2D,3D2,4D2,5D2,6D2,7D. The van der Waals surface area contributed by atoms with Crippen molar-refractivity contribution in [3.05, 3.63) is 22.9 Å². The first-order chi connectivity index (χ1) is 10.6. The van der Waals surface area contributed by atoms with Gasteiger partial charge < -0.3 is 10.2 Å². The Kier molecular flexibility index (Phi) is 0.845. The van der Waals surface area contributed by atoms with E-state index in [0.29, 0.717) is 0 Å². The fraction of sp³-hybridized carbons (Fsp3) is 0.444. The summed E-state index contributed by atoms with van der Waals surface area (Å²) in [5.41, 5.74) is -0.813. The predicted molar refractivity (Wildman–Crippen MR) is 57.0 cm³/mol. The van der Waals surface area contributed by atoms with E-state index in [1.165, 1.54) is 0 Å².